The van der Waals surface area contributed by atoms with Crippen LogP contribution >= 0.6 is 0 Å². The van der Waals surface area contributed by atoms with E-state index in [0.29, 0.717) is 11.8 Å². The largest absolute Gasteiger partial charge is 0.342 e. The van der Waals surface area contributed by atoms with Gasteiger partial charge in [-0.1, -0.05) is 27.2 Å². The molecule has 25 heavy (non-hydrogen) atoms. The van der Waals surface area contributed by atoms with E-state index in [2.05, 4.69) is 22.0 Å². The molecule has 4 heteroatoms. The van der Waals surface area contributed by atoms with Gasteiger partial charge in [0.25, 0.3) is 0 Å². The molecule has 2 aliphatic heterocycles. The van der Waals surface area contributed by atoms with Crippen molar-refractivity contribution in [3.8, 4) is 0 Å². The van der Waals surface area contributed by atoms with Gasteiger partial charge in [0.15, 0.2) is 0 Å². The average molecular weight is 352 g/mol. The maximum absolute atomic E-state index is 12.8. The highest BCUT2D eigenvalue weighted by Gasteiger charge is 2.31. The van der Waals surface area contributed by atoms with E-state index in [1.54, 1.807) is 0 Å². The van der Waals surface area contributed by atoms with E-state index in [1.807, 2.05) is 13.8 Å². The van der Waals surface area contributed by atoms with Crippen LogP contribution < -0.4 is 5.32 Å². The Hall–Kier alpha value is -0.610. The second-order valence-corrected chi connectivity index (χ2v) is 7.95. The summed E-state index contributed by atoms with van der Waals surface area (Å²) < 4.78 is 0. The Kier molecular flexibility index (Phi) is 9.25. The minimum absolute atomic E-state index is 0.336. The van der Waals surface area contributed by atoms with Gasteiger partial charge in [0.05, 0.1) is 0 Å². The molecule has 0 aromatic rings. The van der Waals surface area contributed by atoms with Crippen molar-refractivity contribution in [3.63, 3.8) is 0 Å². The Bertz CT molecular complexity index is 365. The lowest BCUT2D eigenvalue weighted by molar-refractivity contribution is -0.138. The van der Waals surface area contributed by atoms with Crippen molar-refractivity contribution in [2.45, 2.75) is 65.7 Å². The molecular weight excluding hydrogens is 310 g/mol. The standard InChI is InChI=1S/C19H35N3O.C2H6/c1-2-16-3-5-18(6-4-16)19(23)22-11-7-17(8-12-22)15-21-13-9-20-10-14-21;1-2/h16-18,20H,2-15H2,1H3;1-2H3. The summed E-state index contributed by atoms with van der Waals surface area (Å²) in [6, 6.07) is 0. The average Bonchev–Trinajstić information content (AvgIpc) is 2.70. The molecule has 0 aromatic carbocycles. The summed E-state index contributed by atoms with van der Waals surface area (Å²) in [4.78, 5) is 17.5. The summed E-state index contributed by atoms with van der Waals surface area (Å²) >= 11 is 0. The number of piperidine rings is 1. The highest BCUT2D eigenvalue weighted by Crippen LogP contribution is 2.32. The maximum atomic E-state index is 12.8. The van der Waals surface area contributed by atoms with E-state index >= 15 is 0 Å². The van der Waals surface area contributed by atoms with E-state index in [0.717, 1.165) is 50.9 Å². The molecule has 0 radical (unpaired) electrons. The van der Waals surface area contributed by atoms with Crippen molar-refractivity contribution in [2.75, 3.05) is 45.8 Å². The zero-order chi connectivity index (χ0) is 18.1. The number of nitrogens with zero attached hydrogens (tertiary/aromatic N) is 2. The van der Waals surface area contributed by atoms with Crippen molar-refractivity contribution >= 4 is 5.91 Å². The molecule has 3 fully saturated rings. The first-order valence-electron chi connectivity index (χ1n) is 11.0. The highest BCUT2D eigenvalue weighted by molar-refractivity contribution is 5.79. The number of carbonyl (C=O) groups is 1. The fourth-order valence-corrected chi connectivity index (χ4v) is 4.67. The molecule has 146 valence electrons. The van der Waals surface area contributed by atoms with Crippen LogP contribution in [-0.2, 0) is 4.79 Å². The molecule has 1 N–H and O–H groups in total. The molecule has 2 saturated heterocycles. The van der Waals surface area contributed by atoms with Crippen molar-refractivity contribution in [1.82, 2.24) is 15.1 Å². The van der Waals surface area contributed by atoms with Crippen LogP contribution in [0.5, 0.6) is 0 Å². The van der Waals surface area contributed by atoms with Crippen LogP contribution in [0.3, 0.4) is 0 Å². The van der Waals surface area contributed by atoms with Crippen LogP contribution in [0.2, 0.25) is 0 Å². The van der Waals surface area contributed by atoms with Gasteiger partial charge in [-0.25, -0.2) is 0 Å². The number of piperazine rings is 1. The molecule has 0 unspecified atom stereocenters. The van der Waals surface area contributed by atoms with Gasteiger partial charge in [-0.3, -0.25) is 4.79 Å². The van der Waals surface area contributed by atoms with E-state index in [4.69, 9.17) is 0 Å². The molecule has 2 heterocycles. The third-order valence-electron chi connectivity index (χ3n) is 6.43. The first-order chi connectivity index (χ1) is 12.3. The summed E-state index contributed by atoms with van der Waals surface area (Å²) in [6.07, 6.45) is 8.52. The molecule has 0 bridgehead atoms. The molecular formula is C21H41N3O. The number of hydrogen-bond acceptors (Lipinski definition) is 3. The number of hydrogen-bond donors (Lipinski definition) is 1. The third-order valence-corrected chi connectivity index (χ3v) is 6.43. The van der Waals surface area contributed by atoms with Crippen molar-refractivity contribution in [1.29, 1.82) is 0 Å². The zero-order valence-corrected chi connectivity index (χ0v) is 16.9. The van der Waals surface area contributed by atoms with Crippen molar-refractivity contribution in [3.05, 3.63) is 0 Å². The number of rotatable bonds is 4. The Balaban J connectivity index is 0.00000109. The van der Waals surface area contributed by atoms with E-state index in [-0.39, 0.29) is 0 Å². The molecule has 4 nitrogen and oxygen atoms in total. The van der Waals surface area contributed by atoms with Gasteiger partial charge in [-0.2, -0.15) is 0 Å². The Morgan fingerprint density at radius 2 is 1.48 bits per heavy atom. The van der Waals surface area contributed by atoms with Crippen LogP contribution in [-0.4, -0.2) is 61.5 Å². The molecule has 3 aliphatic rings. The van der Waals surface area contributed by atoms with E-state index in [9.17, 15) is 4.79 Å². The Morgan fingerprint density at radius 1 is 0.880 bits per heavy atom. The lowest BCUT2D eigenvalue weighted by Crippen LogP contribution is -2.48. The van der Waals surface area contributed by atoms with Gasteiger partial charge < -0.3 is 15.1 Å². The van der Waals surface area contributed by atoms with Crippen LogP contribution in [0.15, 0.2) is 0 Å². The summed E-state index contributed by atoms with van der Waals surface area (Å²) in [5.74, 6) is 2.49. The second-order valence-electron chi connectivity index (χ2n) is 7.95. The quantitative estimate of drug-likeness (QED) is 0.843. The maximum Gasteiger partial charge on any atom is 0.225 e. The summed E-state index contributed by atoms with van der Waals surface area (Å²) in [6.45, 7) is 14.2. The molecule has 1 saturated carbocycles. The summed E-state index contributed by atoms with van der Waals surface area (Å²) in [5, 5.41) is 3.42. The van der Waals surface area contributed by atoms with E-state index in [1.165, 1.54) is 51.7 Å². The van der Waals surface area contributed by atoms with Crippen molar-refractivity contribution < 1.29 is 4.79 Å². The van der Waals surface area contributed by atoms with Gasteiger partial charge in [-0.05, 0) is 50.4 Å². The number of nitrogens with one attached hydrogen (secondary N) is 1. The van der Waals surface area contributed by atoms with Crippen LogP contribution in [0.1, 0.15) is 65.7 Å². The highest BCUT2D eigenvalue weighted by atomic mass is 16.2. The first kappa shape index (κ1) is 20.7. The predicted molar refractivity (Wildman–Crippen MR) is 106 cm³/mol. The molecule has 1 aliphatic carbocycles. The third kappa shape index (κ3) is 6.25. The second kappa shape index (κ2) is 11.2. The van der Waals surface area contributed by atoms with E-state index < -0.39 is 0 Å². The normalized spacial score (nSPS) is 29.0. The van der Waals surface area contributed by atoms with Gasteiger partial charge >= 0.3 is 0 Å². The van der Waals surface area contributed by atoms with Crippen molar-refractivity contribution in [2.24, 2.45) is 17.8 Å². The summed E-state index contributed by atoms with van der Waals surface area (Å²) in [7, 11) is 0. The summed E-state index contributed by atoms with van der Waals surface area (Å²) in [5.41, 5.74) is 0. The fourth-order valence-electron chi connectivity index (χ4n) is 4.67. The molecule has 0 aromatic heterocycles. The molecule has 1 amide bonds. The van der Waals surface area contributed by atoms with Gasteiger partial charge in [0.2, 0.25) is 5.91 Å². The minimum atomic E-state index is 0.336. The Labute approximate surface area is 155 Å². The monoisotopic (exact) mass is 351 g/mol. The topological polar surface area (TPSA) is 35.6 Å². The Morgan fingerprint density at radius 3 is 2.04 bits per heavy atom. The molecule has 3 rings (SSSR count). The number of carbonyl (C=O) groups excluding carboxylic acids is 1. The fraction of sp³-hybridized carbons (Fsp3) is 0.952. The lowest BCUT2D eigenvalue weighted by Gasteiger charge is -2.38. The molecule has 0 atom stereocenters. The van der Waals surface area contributed by atoms with Gasteiger partial charge in [-0.15, -0.1) is 0 Å². The number of likely N-dealkylation sites (tertiary alicyclic amines) is 1. The zero-order valence-electron chi connectivity index (χ0n) is 16.9. The number of amides is 1. The lowest BCUT2D eigenvalue weighted by atomic mass is 9.80. The van der Waals surface area contributed by atoms with Gasteiger partial charge in [0.1, 0.15) is 0 Å². The first-order valence-corrected chi connectivity index (χ1v) is 11.0. The van der Waals surface area contributed by atoms with Crippen LogP contribution in [0, 0.1) is 17.8 Å². The SMILES string of the molecule is CC.CCC1CCC(C(=O)N2CCC(CN3CCNCC3)CC2)CC1. The van der Waals surface area contributed by atoms with Crippen LogP contribution in [0.4, 0.5) is 0 Å². The van der Waals surface area contributed by atoms with Gasteiger partial charge in [0, 0.05) is 51.7 Å². The molecule has 0 spiro atoms. The van der Waals surface area contributed by atoms with Crippen LogP contribution in [0.25, 0.3) is 0 Å². The minimum Gasteiger partial charge on any atom is -0.342 e. The smallest absolute Gasteiger partial charge is 0.225 e. The predicted octanol–water partition coefficient (Wildman–Crippen LogP) is 3.37.